The molecule has 0 aromatic carbocycles. The van der Waals surface area contributed by atoms with Gasteiger partial charge < -0.3 is 5.84 Å². The van der Waals surface area contributed by atoms with Crippen LogP contribution >= 0.6 is 0 Å². The van der Waals surface area contributed by atoms with Crippen LogP contribution in [0.5, 0.6) is 0 Å². The molecule has 67 nitrogen and oxygen atoms in total. The minimum Gasteiger partial charge on any atom is -0.303 e. The summed E-state index contributed by atoms with van der Waals surface area (Å²) >= 11 is 0. The van der Waals surface area contributed by atoms with Gasteiger partial charge in [0.25, 0.3) is 0 Å². The van der Waals surface area contributed by atoms with E-state index >= 15 is 0 Å². The number of nitrogens with one attached hydrogen (secondary N) is 1. The third-order valence-corrected chi connectivity index (χ3v) is 2.58. The van der Waals surface area contributed by atoms with Crippen molar-refractivity contribution in [2.45, 2.75) is 0 Å². The highest BCUT2D eigenvalue weighted by molar-refractivity contribution is 4.19. The lowest BCUT2D eigenvalue weighted by Crippen LogP contribution is -1.70. The predicted octanol–water partition coefficient (Wildman–Crippen LogP) is 11.6. The SMILES string of the molecule is N=N/N=N/N=N/N=N/N=N/N=N/N=N/N=N/N=N/N=N/N=N/N=N/N=N/N=N/N=N/N=N/N=N/N=N/N=N/N=N/N=N/N=N/N=N/N=N/N=N/N=N/N=N/N=N/N=N/N=N/N=N/N=N/N=N/N. The highest BCUT2D eigenvalue weighted by Crippen LogP contribution is 1.95. The molecule has 0 bridgehead atoms. The molecule has 67 heteroatoms. The fourth-order valence-corrected chi connectivity index (χ4v) is 1.13. The fraction of sp³-hybridized carbons (Fsp3) is 0. The molecule has 0 unspecified atom stereocenters. The van der Waals surface area contributed by atoms with Crippen LogP contribution < -0.4 is 5.84 Å². The maximum Gasteiger partial charge on any atom is 0 e. The molecule has 0 heterocycles. The van der Waals surface area contributed by atoms with E-state index in [2.05, 4.69) is 345 Å². The Labute approximate surface area is 351 Å². The molecule has 0 aliphatic rings. The van der Waals surface area contributed by atoms with Crippen molar-refractivity contribution in [2.75, 3.05) is 0 Å². The van der Waals surface area contributed by atoms with E-state index in [0.717, 1.165) is 0 Å². The van der Waals surface area contributed by atoms with Crippen LogP contribution in [-0.2, 0) is 0 Å². The smallest absolute Gasteiger partial charge is 0 e. The Morgan fingerprint density at radius 3 is 0.269 bits per heavy atom. The summed E-state index contributed by atoms with van der Waals surface area (Å²) in [6, 6.07) is 0. The van der Waals surface area contributed by atoms with Crippen LogP contribution in [0, 0.1) is 5.53 Å². The first kappa shape index (κ1) is 53.6. The lowest BCUT2D eigenvalue weighted by Gasteiger charge is -1.70. The van der Waals surface area contributed by atoms with Crippen molar-refractivity contribution in [3.05, 3.63) is 0 Å². The van der Waals surface area contributed by atoms with Crippen LogP contribution in [0.1, 0.15) is 0 Å². The van der Waals surface area contributed by atoms with Gasteiger partial charge in [0.15, 0.2) is 0 Å². The van der Waals surface area contributed by atoms with Crippen LogP contribution in [0.25, 0.3) is 0 Å². The Morgan fingerprint density at radius 1 is 0.119 bits per heavy atom. The topological polar surface area (TPSA) is 853 Å². The molecule has 0 aromatic rings. The molecule has 0 aliphatic heterocycles. The lowest BCUT2D eigenvalue weighted by molar-refractivity contribution is 0.724. The number of hydrogen-bond acceptors (Lipinski definition) is 2. The molecule has 67 heavy (non-hydrogen) atoms. The van der Waals surface area contributed by atoms with Crippen LogP contribution in [0.15, 0.2) is 340 Å². The highest BCUT2D eigenvalue weighted by Gasteiger charge is 1.76. The molecular formula is H3N67. The van der Waals surface area contributed by atoms with Gasteiger partial charge in [-0.15, -0.1) is 0 Å². The second-order valence-corrected chi connectivity index (χ2v) is 5.85. The standard InChI is InChI=1S/H3N67/c1-3-5-7-9-11-13-15-17-19-21-23-25-27-29-31-33-35-37-39-41-43-45-47-49-51-53-55-57-59-61-63-65-67-66-64-62-60-58-56-54-52-50-48-46-44-42-40-38-36-34-32-30-28-26-24-22-20-18-16-14-12-10-8-6-4-2/h(H3,1,2,5,6,9,10,13,14,17,18,21,22,25,26,29,30,33,34,37,38,41,42,45,46,49,50,53,54,57,58,61,62,65,66). The van der Waals surface area contributed by atoms with Gasteiger partial charge in [0.2, 0.25) is 0 Å². The molecule has 0 fully saturated rings. The van der Waals surface area contributed by atoms with E-state index in [0.29, 0.717) is 0 Å². The van der Waals surface area contributed by atoms with Crippen LogP contribution in [-0.4, -0.2) is 0 Å². The summed E-state index contributed by atoms with van der Waals surface area (Å²) in [5, 5.41) is 193. The summed E-state index contributed by atoms with van der Waals surface area (Å²) in [6.07, 6.45) is 0. The van der Waals surface area contributed by atoms with E-state index in [4.69, 9.17) is 5.53 Å². The second kappa shape index (κ2) is 52.6. The van der Waals surface area contributed by atoms with E-state index in [1.165, 1.54) is 0 Å². The van der Waals surface area contributed by atoms with E-state index in [1.807, 2.05) is 0 Å². The van der Waals surface area contributed by atoms with E-state index in [-0.39, 0.29) is 0 Å². The average Bonchev–Trinajstić information content (AvgIpc) is 3.34. The fourth-order valence-electron chi connectivity index (χ4n) is 1.13. The molecule has 0 atom stereocenters. The first-order chi connectivity index (χ1) is 33.4. The van der Waals surface area contributed by atoms with Gasteiger partial charge in [-0.25, -0.2) is 0 Å². The van der Waals surface area contributed by atoms with Gasteiger partial charge in [0.1, 0.15) is 0 Å². The summed E-state index contributed by atoms with van der Waals surface area (Å²) in [4.78, 5) is 0. The van der Waals surface area contributed by atoms with Gasteiger partial charge in [0, 0.05) is 256 Å². The first-order valence-electron chi connectivity index (χ1n) is 13.3. The highest BCUT2D eigenvalue weighted by atomic mass is 15.8. The summed E-state index contributed by atoms with van der Waals surface area (Å²) in [7, 11) is 0. The zero-order valence-corrected chi connectivity index (χ0v) is 30.1. The van der Waals surface area contributed by atoms with Gasteiger partial charge in [-0.2, -0.15) is 5.53 Å². The van der Waals surface area contributed by atoms with Crippen molar-refractivity contribution in [3.8, 4) is 0 Å². The number of rotatable bonds is 32. The number of hydrogen-bond donors (Lipinski definition) is 2. The summed E-state index contributed by atoms with van der Waals surface area (Å²) in [5.41, 5.74) is 6.26. The maximum atomic E-state index is 6.26. The molecule has 0 spiro atoms. The third kappa shape index (κ3) is 52.6. The summed E-state index contributed by atoms with van der Waals surface area (Å²) in [6.45, 7) is 0. The van der Waals surface area contributed by atoms with E-state index in [1.54, 1.807) is 0 Å². The summed E-state index contributed by atoms with van der Waals surface area (Å²) < 4.78 is 0. The van der Waals surface area contributed by atoms with Crippen molar-refractivity contribution in [1.82, 2.24) is 0 Å². The Bertz CT molecular complexity index is 2270. The van der Waals surface area contributed by atoms with Crippen molar-refractivity contribution in [3.63, 3.8) is 0 Å². The first-order valence-corrected chi connectivity index (χ1v) is 13.3. The molecule has 0 saturated heterocycles. The molecule has 0 radical (unpaired) electrons. The zero-order valence-electron chi connectivity index (χ0n) is 30.1. The maximum absolute atomic E-state index is 6.26. The molecule has 338 valence electrons. The minimum atomic E-state index is 2.50. The Morgan fingerprint density at radius 2 is 0.194 bits per heavy atom. The zero-order chi connectivity index (χ0) is 48.0. The quantitative estimate of drug-likeness (QED) is 0.0371. The monoisotopic (exact) mass is 941 g/mol. The summed E-state index contributed by atoms with van der Waals surface area (Å²) in [5.74, 6) is 4.63. The molecule has 0 rings (SSSR count). The molecule has 0 aromatic heterocycles. The molecule has 3 N–H and O–H groups in total. The largest absolute Gasteiger partial charge is 0.303 e. The van der Waals surface area contributed by atoms with Crippen LogP contribution in [0.3, 0.4) is 0 Å². The van der Waals surface area contributed by atoms with Crippen LogP contribution in [0.2, 0.25) is 0 Å². The Balaban J connectivity index is 4.09. The van der Waals surface area contributed by atoms with Gasteiger partial charge in [-0.05, 0) is 78.3 Å². The van der Waals surface area contributed by atoms with Gasteiger partial charge in [-0.1, -0.05) is 5.22 Å². The van der Waals surface area contributed by atoms with Crippen LogP contribution in [0.4, 0.5) is 0 Å². The molecular weight excluding hydrogens is 938 g/mol. The Hall–Kier alpha value is -13.4. The van der Waals surface area contributed by atoms with Crippen molar-refractivity contribution in [2.24, 2.45) is 345 Å². The molecule has 0 amide bonds. The van der Waals surface area contributed by atoms with E-state index in [9.17, 15) is 0 Å². The van der Waals surface area contributed by atoms with Crippen molar-refractivity contribution >= 4 is 0 Å². The van der Waals surface area contributed by atoms with Crippen molar-refractivity contribution in [1.29, 1.82) is 5.53 Å². The third-order valence-electron chi connectivity index (χ3n) is 2.58. The van der Waals surface area contributed by atoms with Gasteiger partial charge in [-0.3, -0.25) is 0 Å². The van der Waals surface area contributed by atoms with Gasteiger partial charge in [0.05, 0.1) is 0 Å². The molecule has 0 aliphatic carbocycles. The Kier molecular flexibility index (Phi) is 42.1. The second-order valence-electron chi connectivity index (χ2n) is 5.85. The molecule has 0 saturated carbocycles. The van der Waals surface area contributed by atoms with Crippen molar-refractivity contribution < 1.29 is 0 Å². The number of nitrogens with zero attached hydrogens (tertiary/aromatic N) is 65. The number of nitrogens with two attached hydrogens (primary N) is 1. The normalized spacial score (nSPS) is 15.5. The average molecular weight is 941 g/mol. The minimum absolute atomic E-state index is 2.50. The van der Waals surface area contributed by atoms with E-state index < -0.39 is 0 Å². The van der Waals surface area contributed by atoms with Gasteiger partial charge >= 0.3 is 0 Å². The lowest BCUT2D eigenvalue weighted by atomic mass is 12.3. The predicted molar refractivity (Wildman–Crippen MR) is 165 cm³/mol.